The summed E-state index contributed by atoms with van der Waals surface area (Å²) in [7, 11) is 1.62. The van der Waals surface area contributed by atoms with Crippen molar-refractivity contribution in [2.24, 2.45) is 0 Å². The van der Waals surface area contributed by atoms with Crippen LogP contribution in [0.15, 0.2) is 12.1 Å². The smallest absolute Gasteiger partial charge is 0.197 e. The Labute approximate surface area is 137 Å². The number of hydrogen-bond acceptors (Lipinski definition) is 5. The second kappa shape index (κ2) is 6.06. The molecule has 1 aromatic carbocycles. The number of benzene rings is 1. The minimum Gasteiger partial charge on any atom is -0.482 e. The highest BCUT2D eigenvalue weighted by Crippen LogP contribution is 2.37. The van der Waals surface area contributed by atoms with Crippen LogP contribution < -0.4 is 4.74 Å². The Morgan fingerprint density at radius 3 is 2.35 bits per heavy atom. The fourth-order valence-corrected chi connectivity index (χ4v) is 3.52. The molecule has 2 aliphatic rings. The maximum atomic E-state index is 6.33. The molecule has 0 N–H and O–H groups in total. The monoisotopic (exact) mass is 322 g/mol. The van der Waals surface area contributed by atoms with Gasteiger partial charge in [-0.15, -0.1) is 0 Å². The third kappa shape index (κ3) is 3.24. The van der Waals surface area contributed by atoms with Gasteiger partial charge in [0.05, 0.1) is 6.61 Å². The molecule has 128 valence electrons. The summed E-state index contributed by atoms with van der Waals surface area (Å²) in [6, 6.07) is 4.22. The number of rotatable bonds is 3. The number of hydrogen-bond donors (Lipinski definition) is 0. The molecule has 0 saturated carbocycles. The van der Waals surface area contributed by atoms with E-state index in [0.717, 1.165) is 16.9 Å². The van der Waals surface area contributed by atoms with E-state index in [-0.39, 0.29) is 18.3 Å². The van der Waals surface area contributed by atoms with Crippen molar-refractivity contribution in [3.63, 3.8) is 0 Å². The lowest BCUT2D eigenvalue weighted by Crippen LogP contribution is -2.55. The molecule has 5 nitrogen and oxygen atoms in total. The van der Waals surface area contributed by atoms with Crippen LogP contribution in [0, 0.1) is 20.8 Å². The van der Waals surface area contributed by atoms with Gasteiger partial charge in [-0.05, 0) is 45.7 Å². The maximum absolute atomic E-state index is 6.33. The van der Waals surface area contributed by atoms with Crippen molar-refractivity contribution < 1.29 is 23.7 Å². The van der Waals surface area contributed by atoms with Crippen LogP contribution in [-0.2, 0) is 18.9 Å². The van der Waals surface area contributed by atoms with Crippen LogP contribution in [0.3, 0.4) is 0 Å². The zero-order valence-electron chi connectivity index (χ0n) is 14.7. The van der Waals surface area contributed by atoms with Crippen LogP contribution in [-0.4, -0.2) is 44.1 Å². The largest absolute Gasteiger partial charge is 0.482 e. The average molecular weight is 322 g/mol. The van der Waals surface area contributed by atoms with Gasteiger partial charge in [-0.1, -0.05) is 17.7 Å². The molecule has 2 heterocycles. The van der Waals surface area contributed by atoms with Crippen LogP contribution in [0.1, 0.15) is 30.5 Å². The fourth-order valence-electron chi connectivity index (χ4n) is 3.52. The molecule has 0 bridgehead atoms. The highest BCUT2D eigenvalue weighted by Gasteiger charge is 2.52. The predicted octanol–water partition coefficient (Wildman–Crippen LogP) is 2.88. The maximum Gasteiger partial charge on any atom is 0.197 e. The zero-order chi connectivity index (χ0) is 16.8. The van der Waals surface area contributed by atoms with E-state index >= 15 is 0 Å². The van der Waals surface area contributed by atoms with E-state index in [1.54, 1.807) is 7.11 Å². The molecular formula is C18H26O5. The van der Waals surface area contributed by atoms with Crippen LogP contribution in [0.5, 0.6) is 5.75 Å². The van der Waals surface area contributed by atoms with E-state index in [9.17, 15) is 0 Å². The standard InChI is InChI=1S/C18H26O5/c1-10-7-11(2)14(12(3)8-10)21-16-15-13(9-20-17(16)19-6)22-18(4,5)23-15/h7-8,13,15-17H,9H2,1-6H3. The molecule has 2 saturated heterocycles. The molecule has 0 aromatic heterocycles. The highest BCUT2D eigenvalue weighted by atomic mass is 16.8. The molecule has 3 rings (SSSR count). The van der Waals surface area contributed by atoms with Crippen LogP contribution in [0.4, 0.5) is 0 Å². The van der Waals surface area contributed by atoms with Crippen LogP contribution in [0.2, 0.25) is 0 Å². The molecule has 1 aromatic rings. The Kier molecular flexibility index (Phi) is 4.40. The van der Waals surface area contributed by atoms with E-state index in [0.29, 0.717) is 6.61 Å². The number of aryl methyl sites for hydroxylation is 3. The number of methoxy groups -OCH3 is 1. The molecule has 23 heavy (non-hydrogen) atoms. The molecule has 0 spiro atoms. The summed E-state index contributed by atoms with van der Waals surface area (Å²) >= 11 is 0. The lowest BCUT2D eigenvalue weighted by atomic mass is 10.0. The topological polar surface area (TPSA) is 46.2 Å². The summed E-state index contributed by atoms with van der Waals surface area (Å²) in [4.78, 5) is 0. The minimum atomic E-state index is -0.639. The first-order valence-electron chi connectivity index (χ1n) is 8.05. The molecule has 4 unspecified atom stereocenters. The van der Waals surface area contributed by atoms with Gasteiger partial charge in [0, 0.05) is 7.11 Å². The summed E-state index contributed by atoms with van der Waals surface area (Å²) in [6.07, 6.45) is -1.22. The summed E-state index contributed by atoms with van der Waals surface area (Å²) in [5.74, 6) is 0.223. The SMILES string of the molecule is COC1OCC2OC(C)(C)OC2C1Oc1c(C)cc(C)cc1C. The van der Waals surface area contributed by atoms with Crippen molar-refractivity contribution in [3.8, 4) is 5.75 Å². The van der Waals surface area contributed by atoms with Gasteiger partial charge in [0.15, 0.2) is 18.2 Å². The Hall–Kier alpha value is -1.14. The third-order valence-electron chi connectivity index (χ3n) is 4.33. The molecule has 0 amide bonds. The van der Waals surface area contributed by atoms with E-state index in [4.69, 9.17) is 23.7 Å². The molecule has 0 radical (unpaired) electrons. The first kappa shape index (κ1) is 16.7. The summed E-state index contributed by atoms with van der Waals surface area (Å²) in [5, 5.41) is 0. The van der Waals surface area contributed by atoms with Gasteiger partial charge in [-0.3, -0.25) is 0 Å². The van der Waals surface area contributed by atoms with Crippen molar-refractivity contribution in [1.29, 1.82) is 0 Å². The average Bonchev–Trinajstić information content (AvgIpc) is 2.76. The molecule has 0 aliphatic carbocycles. The molecule has 2 aliphatic heterocycles. The normalized spacial score (nSPS) is 32.6. The van der Waals surface area contributed by atoms with Gasteiger partial charge in [0.25, 0.3) is 0 Å². The van der Waals surface area contributed by atoms with E-state index in [1.807, 2.05) is 27.7 Å². The van der Waals surface area contributed by atoms with Crippen LogP contribution >= 0.6 is 0 Å². The number of fused-ring (bicyclic) bond motifs is 1. The summed E-state index contributed by atoms with van der Waals surface area (Å²) < 4.78 is 29.5. The molecule has 2 fully saturated rings. The Bertz CT molecular complexity index is 560. The summed E-state index contributed by atoms with van der Waals surface area (Å²) in [6.45, 7) is 10.4. The first-order chi connectivity index (χ1) is 10.8. The van der Waals surface area contributed by atoms with Gasteiger partial charge in [-0.2, -0.15) is 0 Å². The first-order valence-corrected chi connectivity index (χ1v) is 8.05. The van der Waals surface area contributed by atoms with E-state index in [1.165, 1.54) is 5.56 Å². The van der Waals surface area contributed by atoms with Crippen molar-refractivity contribution in [2.45, 2.75) is 65.0 Å². The molecule has 5 heteroatoms. The van der Waals surface area contributed by atoms with Gasteiger partial charge in [0.1, 0.15) is 18.0 Å². The third-order valence-corrected chi connectivity index (χ3v) is 4.33. The quantitative estimate of drug-likeness (QED) is 0.856. The predicted molar refractivity (Wildman–Crippen MR) is 85.6 cm³/mol. The summed E-state index contributed by atoms with van der Waals surface area (Å²) in [5.41, 5.74) is 3.41. The lowest BCUT2D eigenvalue weighted by molar-refractivity contribution is -0.234. The Balaban J connectivity index is 1.89. The second-order valence-electron chi connectivity index (χ2n) is 6.89. The van der Waals surface area contributed by atoms with Gasteiger partial charge in [-0.25, -0.2) is 0 Å². The van der Waals surface area contributed by atoms with E-state index < -0.39 is 12.1 Å². The Morgan fingerprint density at radius 2 is 1.74 bits per heavy atom. The van der Waals surface area contributed by atoms with Gasteiger partial charge in [0.2, 0.25) is 0 Å². The molecule has 4 atom stereocenters. The molecular weight excluding hydrogens is 296 g/mol. The van der Waals surface area contributed by atoms with Gasteiger partial charge >= 0.3 is 0 Å². The van der Waals surface area contributed by atoms with Crippen molar-refractivity contribution in [3.05, 3.63) is 28.8 Å². The van der Waals surface area contributed by atoms with Crippen LogP contribution in [0.25, 0.3) is 0 Å². The minimum absolute atomic E-state index is 0.146. The van der Waals surface area contributed by atoms with Crippen molar-refractivity contribution in [1.82, 2.24) is 0 Å². The van der Waals surface area contributed by atoms with E-state index in [2.05, 4.69) is 19.1 Å². The van der Waals surface area contributed by atoms with Crippen molar-refractivity contribution in [2.75, 3.05) is 13.7 Å². The fraction of sp³-hybridized carbons (Fsp3) is 0.667. The Morgan fingerprint density at radius 1 is 1.09 bits per heavy atom. The highest BCUT2D eigenvalue weighted by molar-refractivity contribution is 5.43. The van der Waals surface area contributed by atoms with Crippen molar-refractivity contribution >= 4 is 0 Å². The van der Waals surface area contributed by atoms with Gasteiger partial charge < -0.3 is 23.7 Å². The second-order valence-corrected chi connectivity index (χ2v) is 6.89. The lowest BCUT2D eigenvalue weighted by Gasteiger charge is -2.37. The zero-order valence-corrected chi connectivity index (χ0v) is 14.7. The number of ether oxygens (including phenoxy) is 5.